The van der Waals surface area contributed by atoms with Crippen molar-refractivity contribution in [1.29, 1.82) is 0 Å². The average Bonchev–Trinajstić information content (AvgIpc) is 2.45. The first-order valence-corrected chi connectivity index (χ1v) is 6.57. The zero-order chi connectivity index (χ0) is 16.0. The van der Waals surface area contributed by atoms with Crippen molar-refractivity contribution in [2.24, 2.45) is 0 Å². The van der Waals surface area contributed by atoms with Gasteiger partial charge in [-0.15, -0.1) is 0 Å². The van der Waals surface area contributed by atoms with Crippen molar-refractivity contribution in [3.8, 4) is 0 Å². The number of methoxy groups -OCH3 is 2. The summed E-state index contributed by atoms with van der Waals surface area (Å²) in [6, 6.07) is 7.61. The summed E-state index contributed by atoms with van der Waals surface area (Å²) in [7, 11) is 2.51. The van der Waals surface area contributed by atoms with Crippen molar-refractivity contribution in [2.45, 2.75) is 32.4 Å². The quantitative estimate of drug-likeness (QED) is 0.840. The van der Waals surface area contributed by atoms with Gasteiger partial charge in [0.05, 0.1) is 14.2 Å². The Balaban J connectivity index is 2.96. The molecule has 0 spiro atoms. The molecular weight excluding hydrogens is 272 g/mol. The number of hydrogen-bond donors (Lipinski definition) is 2. The summed E-state index contributed by atoms with van der Waals surface area (Å²) in [5.74, 6) is 0. The third-order valence-corrected chi connectivity index (χ3v) is 3.01. The number of carbonyl (C=O) groups excluding carboxylic acids is 2. The van der Waals surface area contributed by atoms with Crippen LogP contribution < -0.4 is 10.6 Å². The van der Waals surface area contributed by atoms with E-state index in [9.17, 15) is 9.59 Å². The molecule has 0 aliphatic carbocycles. The molecule has 21 heavy (non-hydrogen) atoms. The number of benzene rings is 1. The molecule has 0 heterocycles. The van der Waals surface area contributed by atoms with Gasteiger partial charge in [0, 0.05) is 0 Å². The van der Waals surface area contributed by atoms with Crippen molar-refractivity contribution >= 4 is 12.2 Å². The van der Waals surface area contributed by atoms with Crippen LogP contribution in [-0.4, -0.2) is 26.4 Å². The molecule has 0 fully saturated rings. The van der Waals surface area contributed by atoms with Crippen LogP contribution in [0.2, 0.25) is 0 Å². The van der Waals surface area contributed by atoms with Gasteiger partial charge in [0.25, 0.3) is 0 Å². The van der Waals surface area contributed by atoms with E-state index in [1.54, 1.807) is 0 Å². The van der Waals surface area contributed by atoms with Gasteiger partial charge >= 0.3 is 12.2 Å². The number of carbonyl (C=O) groups is 2. The number of nitrogens with one attached hydrogen (secondary N) is 2. The molecule has 0 aromatic heterocycles. The Morgan fingerprint density at radius 1 is 0.952 bits per heavy atom. The smallest absolute Gasteiger partial charge is 0.408 e. The molecule has 116 valence electrons. The normalized spacial score (nSPS) is 11.0. The lowest BCUT2D eigenvalue weighted by molar-refractivity contribution is 0.153. The number of alkyl carbamates (subject to hydrolysis) is 2. The Bertz CT molecular complexity index is 473. The average molecular weight is 294 g/mol. The molecule has 1 aromatic carbocycles. The van der Waals surface area contributed by atoms with Crippen molar-refractivity contribution < 1.29 is 19.1 Å². The third kappa shape index (κ3) is 4.98. The fourth-order valence-corrected chi connectivity index (χ4v) is 1.73. The fourth-order valence-electron chi connectivity index (χ4n) is 1.73. The molecule has 2 N–H and O–H groups in total. The van der Waals surface area contributed by atoms with Crippen LogP contribution in [0.5, 0.6) is 0 Å². The van der Waals surface area contributed by atoms with Crippen LogP contribution in [0.1, 0.15) is 38.1 Å². The van der Waals surface area contributed by atoms with E-state index in [1.807, 2.05) is 24.3 Å². The van der Waals surface area contributed by atoms with Gasteiger partial charge in [0.15, 0.2) is 0 Å². The minimum atomic E-state index is -0.723. The van der Waals surface area contributed by atoms with Crippen molar-refractivity contribution in [2.75, 3.05) is 14.2 Å². The molecule has 0 saturated heterocycles. The molecule has 0 radical (unpaired) electrons. The van der Waals surface area contributed by atoms with Gasteiger partial charge in [0.1, 0.15) is 6.17 Å². The number of rotatable bonds is 3. The number of hydrogen-bond acceptors (Lipinski definition) is 4. The van der Waals surface area contributed by atoms with Crippen LogP contribution in [0, 0.1) is 0 Å². The molecule has 0 atom stereocenters. The fraction of sp³-hybridized carbons (Fsp3) is 0.467. The van der Waals surface area contributed by atoms with Crippen LogP contribution in [0.25, 0.3) is 0 Å². The van der Waals surface area contributed by atoms with Crippen LogP contribution >= 0.6 is 0 Å². The lowest BCUT2D eigenvalue weighted by Crippen LogP contribution is -2.41. The summed E-state index contributed by atoms with van der Waals surface area (Å²) >= 11 is 0. The van der Waals surface area contributed by atoms with Gasteiger partial charge in [-0.1, -0.05) is 45.0 Å². The van der Waals surface area contributed by atoms with E-state index in [-0.39, 0.29) is 5.41 Å². The van der Waals surface area contributed by atoms with E-state index in [0.29, 0.717) is 0 Å². The highest BCUT2D eigenvalue weighted by atomic mass is 16.5. The largest absolute Gasteiger partial charge is 0.453 e. The highest BCUT2D eigenvalue weighted by molar-refractivity contribution is 5.71. The summed E-state index contributed by atoms with van der Waals surface area (Å²) in [6.45, 7) is 6.33. The standard InChI is InChI=1S/C15H22N2O4/c1-15(2,3)11-8-6-10(7-9-11)12(16-13(18)20-4)17-14(19)21-5/h6-9,12H,1-5H3,(H,16,18)(H,17,19). The van der Waals surface area contributed by atoms with E-state index in [1.165, 1.54) is 14.2 Å². The Morgan fingerprint density at radius 3 is 1.71 bits per heavy atom. The van der Waals surface area contributed by atoms with Gasteiger partial charge in [-0.25, -0.2) is 9.59 Å². The van der Waals surface area contributed by atoms with Crippen LogP contribution in [0.3, 0.4) is 0 Å². The maximum atomic E-state index is 11.4. The highest BCUT2D eigenvalue weighted by Crippen LogP contribution is 2.23. The SMILES string of the molecule is COC(=O)NC(NC(=O)OC)c1ccc(C(C)(C)C)cc1. The van der Waals surface area contributed by atoms with Crippen molar-refractivity contribution in [1.82, 2.24) is 10.6 Å². The van der Waals surface area contributed by atoms with Crippen molar-refractivity contribution in [3.63, 3.8) is 0 Å². The predicted molar refractivity (Wildman–Crippen MR) is 79.0 cm³/mol. The minimum absolute atomic E-state index is 0.0274. The van der Waals surface area contributed by atoms with Gasteiger partial charge < -0.3 is 9.47 Å². The van der Waals surface area contributed by atoms with Crippen LogP contribution in [0.4, 0.5) is 9.59 Å². The van der Waals surface area contributed by atoms with Crippen LogP contribution in [0.15, 0.2) is 24.3 Å². The molecule has 0 saturated carbocycles. The summed E-state index contributed by atoms with van der Waals surface area (Å²) in [5, 5.41) is 5.07. The second-order valence-corrected chi connectivity index (χ2v) is 5.58. The molecule has 0 bridgehead atoms. The molecule has 0 aliphatic rings. The molecule has 6 nitrogen and oxygen atoms in total. The molecule has 6 heteroatoms. The second-order valence-electron chi connectivity index (χ2n) is 5.58. The topological polar surface area (TPSA) is 76.7 Å². The first-order valence-electron chi connectivity index (χ1n) is 6.57. The summed E-state index contributed by atoms with van der Waals surface area (Å²) in [6.07, 6.45) is -2.01. The van der Waals surface area contributed by atoms with Gasteiger partial charge in [-0.2, -0.15) is 0 Å². The monoisotopic (exact) mass is 294 g/mol. The molecule has 0 aliphatic heterocycles. The zero-order valence-corrected chi connectivity index (χ0v) is 13.0. The summed E-state index contributed by atoms with van der Waals surface area (Å²) in [5.41, 5.74) is 1.90. The maximum absolute atomic E-state index is 11.4. The first-order chi connectivity index (χ1) is 9.77. The molecule has 2 amide bonds. The Kier molecular flexibility index (Phi) is 5.58. The lowest BCUT2D eigenvalue weighted by atomic mass is 9.86. The maximum Gasteiger partial charge on any atom is 0.408 e. The highest BCUT2D eigenvalue weighted by Gasteiger charge is 2.19. The number of ether oxygens (including phenoxy) is 2. The van der Waals surface area contributed by atoms with E-state index >= 15 is 0 Å². The van der Waals surface area contributed by atoms with E-state index in [2.05, 4.69) is 40.9 Å². The van der Waals surface area contributed by atoms with Gasteiger partial charge in [0.2, 0.25) is 0 Å². The summed E-state index contributed by atoms with van der Waals surface area (Å²) in [4.78, 5) is 22.7. The second kappa shape index (κ2) is 6.97. The first kappa shape index (κ1) is 16.8. The molecular formula is C15H22N2O4. The number of amides is 2. The Morgan fingerprint density at radius 2 is 1.38 bits per heavy atom. The Labute approximate surface area is 124 Å². The van der Waals surface area contributed by atoms with E-state index < -0.39 is 18.4 Å². The summed E-state index contributed by atoms with van der Waals surface area (Å²) < 4.78 is 9.11. The predicted octanol–water partition coefficient (Wildman–Crippen LogP) is 2.69. The Hall–Kier alpha value is -2.24. The van der Waals surface area contributed by atoms with Gasteiger partial charge in [-0.05, 0) is 16.5 Å². The minimum Gasteiger partial charge on any atom is -0.453 e. The molecule has 1 aromatic rings. The van der Waals surface area contributed by atoms with E-state index in [4.69, 9.17) is 0 Å². The molecule has 0 unspecified atom stereocenters. The van der Waals surface area contributed by atoms with Crippen molar-refractivity contribution in [3.05, 3.63) is 35.4 Å². The molecule has 1 rings (SSSR count). The van der Waals surface area contributed by atoms with Crippen LogP contribution in [-0.2, 0) is 14.9 Å². The van der Waals surface area contributed by atoms with E-state index in [0.717, 1.165) is 11.1 Å². The zero-order valence-electron chi connectivity index (χ0n) is 13.0. The van der Waals surface area contributed by atoms with Gasteiger partial charge in [-0.3, -0.25) is 10.6 Å². The third-order valence-electron chi connectivity index (χ3n) is 3.01. The lowest BCUT2D eigenvalue weighted by Gasteiger charge is -2.22.